The zero-order valence-electron chi connectivity index (χ0n) is 10.5. The molecule has 0 amide bonds. The number of nitriles is 1. The van der Waals surface area contributed by atoms with Gasteiger partial charge < -0.3 is 0 Å². The Kier molecular flexibility index (Phi) is 3.42. The molecule has 0 aliphatic heterocycles. The molecule has 4 nitrogen and oxygen atoms in total. The first-order valence-electron chi connectivity index (χ1n) is 5.93. The molecule has 2 rings (SSSR count). The van der Waals surface area contributed by atoms with Crippen LogP contribution < -0.4 is 0 Å². The van der Waals surface area contributed by atoms with Gasteiger partial charge in [0.05, 0.1) is 11.0 Å². The molecule has 96 valence electrons. The van der Waals surface area contributed by atoms with Crippen molar-refractivity contribution in [1.29, 1.82) is 5.26 Å². The summed E-state index contributed by atoms with van der Waals surface area (Å²) in [7, 11) is -3.54. The van der Waals surface area contributed by atoms with E-state index in [0.29, 0.717) is 4.90 Å². The molecule has 0 saturated heterocycles. The van der Waals surface area contributed by atoms with Crippen molar-refractivity contribution in [3.63, 3.8) is 0 Å². The largest absolute Gasteiger partial charge is 0.244 e. The Morgan fingerprint density at radius 2 is 2.06 bits per heavy atom. The first-order chi connectivity index (χ1) is 8.46. The van der Waals surface area contributed by atoms with Crippen LogP contribution in [-0.4, -0.2) is 25.3 Å². The van der Waals surface area contributed by atoms with Gasteiger partial charge in [0.25, 0.3) is 0 Å². The molecule has 1 saturated carbocycles. The molecule has 0 unspecified atom stereocenters. The zero-order chi connectivity index (χ0) is 13.3. The first kappa shape index (κ1) is 13.1. The van der Waals surface area contributed by atoms with E-state index in [1.54, 1.807) is 19.1 Å². The molecule has 18 heavy (non-hydrogen) atoms. The Balaban J connectivity index is 2.46. The Hall–Kier alpha value is -1.38. The van der Waals surface area contributed by atoms with E-state index in [9.17, 15) is 8.42 Å². The van der Waals surface area contributed by atoms with E-state index >= 15 is 0 Å². The van der Waals surface area contributed by atoms with Crippen LogP contribution in [0.2, 0.25) is 0 Å². The molecule has 1 fully saturated rings. The van der Waals surface area contributed by atoms with Crippen LogP contribution in [0.1, 0.15) is 24.0 Å². The number of benzene rings is 1. The minimum Gasteiger partial charge on any atom is -0.207 e. The lowest BCUT2D eigenvalue weighted by Gasteiger charge is -2.20. The minimum absolute atomic E-state index is 0.00885. The molecule has 0 N–H and O–H groups in total. The monoisotopic (exact) mass is 264 g/mol. The third-order valence-electron chi connectivity index (χ3n) is 3.11. The number of hydrogen-bond acceptors (Lipinski definition) is 3. The summed E-state index contributed by atoms with van der Waals surface area (Å²) >= 11 is 0. The summed E-state index contributed by atoms with van der Waals surface area (Å²) in [5.41, 5.74) is 1.64. The smallest absolute Gasteiger partial charge is 0.207 e. The van der Waals surface area contributed by atoms with E-state index < -0.39 is 10.0 Å². The van der Waals surface area contributed by atoms with Crippen LogP contribution in [-0.2, 0) is 10.0 Å². The van der Waals surface area contributed by atoms with Crippen molar-refractivity contribution in [3.05, 3.63) is 29.3 Å². The lowest BCUT2D eigenvalue weighted by atomic mass is 10.2. The van der Waals surface area contributed by atoms with Gasteiger partial charge in [0.15, 0.2) is 0 Å². The highest BCUT2D eigenvalue weighted by molar-refractivity contribution is 7.89. The second kappa shape index (κ2) is 4.71. The van der Waals surface area contributed by atoms with Gasteiger partial charge in [-0.1, -0.05) is 12.1 Å². The normalized spacial score (nSPS) is 15.7. The molecule has 1 aromatic carbocycles. The topological polar surface area (TPSA) is 61.2 Å². The van der Waals surface area contributed by atoms with Gasteiger partial charge >= 0.3 is 0 Å². The molecule has 5 heteroatoms. The standard InChI is InChI=1S/C13H16N2O2S/c1-10-3-4-11(2)13(9-10)18(16,17)15(8-7-14)12-5-6-12/h3-4,9,12H,5-6,8H2,1-2H3. The van der Waals surface area contributed by atoms with Crippen molar-refractivity contribution in [2.75, 3.05) is 6.54 Å². The van der Waals surface area contributed by atoms with Gasteiger partial charge in [-0.15, -0.1) is 0 Å². The summed E-state index contributed by atoms with van der Waals surface area (Å²) < 4.78 is 26.4. The second-order valence-electron chi connectivity index (χ2n) is 4.71. The Morgan fingerprint density at radius 1 is 1.39 bits per heavy atom. The SMILES string of the molecule is Cc1ccc(C)c(S(=O)(=O)N(CC#N)C2CC2)c1. The summed E-state index contributed by atoms with van der Waals surface area (Å²) in [6, 6.07) is 7.33. The van der Waals surface area contributed by atoms with Crippen LogP contribution in [0.5, 0.6) is 0 Å². The molecular weight excluding hydrogens is 248 g/mol. The third-order valence-corrected chi connectivity index (χ3v) is 5.15. The van der Waals surface area contributed by atoms with Gasteiger partial charge in [-0.25, -0.2) is 8.42 Å². The summed E-state index contributed by atoms with van der Waals surface area (Å²) in [4.78, 5) is 0.324. The predicted molar refractivity (Wildman–Crippen MR) is 68.4 cm³/mol. The van der Waals surface area contributed by atoms with Crippen LogP contribution in [0.15, 0.2) is 23.1 Å². The number of nitrogens with zero attached hydrogens (tertiary/aromatic N) is 2. The van der Waals surface area contributed by atoms with Crippen LogP contribution >= 0.6 is 0 Å². The van der Waals surface area contributed by atoms with Gasteiger partial charge in [0.2, 0.25) is 10.0 Å². The molecule has 0 spiro atoms. The van der Waals surface area contributed by atoms with Crippen LogP contribution in [0.25, 0.3) is 0 Å². The first-order valence-corrected chi connectivity index (χ1v) is 7.37. The van der Waals surface area contributed by atoms with E-state index in [1.165, 1.54) is 4.31 Å². The third kappa shape index (κ3) is 2.40. The minimum atomic E-state index is -3.54. The van der Waals surface area contributed by atoms with Gasteiger partial charge in [-0.05, 0) is 43.9 Å². The number of aryl methyl sites for hydroxylation is 2. The summed E-state index contributed by atoms with van der Waals surface area (Å²) in [5.74, 6) is 0. The van der Waals surface area contributed by atoms with Crippen LogP contribution in [0, 0.1) is 25.2 Å². The number of hydrogen-bond donors (Lipinski definition) is 0. The summed E-state index contributed by atoms with van der Waals surface area (Å²) in [6.07, 6.45) is 1.71. The van der Waals surface area contributed by atoms with Crippen molar-refractivity contribution >= 4 is 10.0 Å². The molecule has 1 aromatic rings. The van der Waals surface area contributed by atoms with Gasteiger partial charge in [0.1, 0.15) is 6.54 Å². The average Bonchev–Trinajstić information content (AvgIpc) is 3.13. The second-order valence-corrected chi connectivity index (χ2v) is 6.57. The molecule has 0 bridgehead atoms. The quantitative estimate of drug-likeness (QED) is 0.781. The Morgan fingerprint density at radius 3 is 2.61 bits per heavy atom. The van der Waals surface area contributed by atoms with Crippen molar-refractivity contribution in [3.8, 4) is 6.07 Å². The maximum absolute atomic E-state index is 12.6. The highest BCUT2D eigenvalue weighted by Crippen LogP contribution is 2.32. The summed E-state index contributed by atoms with van der Waals surface area (Å²) in [5, 5.41) is 8.79. The highest BCUT2D eigenvalue weighted by Gasteiger charge is 2.38. The molecule has 0 heterocycles. The highest BCUT2D eigenvalue weighted by atomic mass is 32.2. The molecule has 1 aliphatic carbocycles. The molecule has 0 atom stereocenters. The van der Waals surface area contributed by atoms with Crippen LogP contribution in [0.4, 0.5) is 0 Å². The maximum atomic E-state index is 12.6. The van der Waals surface area contributed by atoms with E-state index in [4.69, 9.17) is 5.26 Å². The van der Waals surface area contributed by atoms with E-state index in [-0.39, 0.29) is 12.6 Å². The van der Waals surface area contributed by atoms with Crippen molar-refractivity contribution in [2.24, 2.45) is 0 Å². The van der Waals surface area contributed by atoms with Gasteiger partial charge in [0, 0.05) is 6.04 Å². The Labute approximate surface area is 108 Å². The predicted octanol–water partition coefficient (Wildman–Crippen LogP) is 1.98. The van der Waals surface area contributed by atoms with Gasteiger partial charge in [-0.3, -0.25) is 0 Å². The van der Waals surface area contributed by atoms with Crippen molar-refractivity contribution in [1.82, 2.24) is 4.31 Å². The maximum Gasteiger partial charge on any atom is 0.244 e. The number of sulfonamides is 1. The molecule has 0 radical (unpaired) electrons. The lowest BCUT2D eigenvalue weighted by molar-refractivity contribution is 0.438. The van der Waals surface area contributed by atoms with Crippen molar-refractivity contribution < 1.29 is 8.42 Å². The number of rotatable bonds is 4. The Bertz CT molecular complexity index is 598. The fourth-order valence-electron chi connectivity index (χ4n) is 1.95. The van der Waals surface area contributed by atoms with E-state index in [0.717, 1.165) is 24.0 Å². The van der Waals surface area contributed by atoms with Crippen molar-refractivity contribution in [2.45, 2.75) is 37.6 Å². The lowest BCUT2D eigenvalue weighted by Crippen LogP contribution is -2.34. The fraction of sp³-hybridized carbons (Fsp3) is 0.462. The van der Waals surface area contributed by atoms with E-state index in [2.05, 4.69) is 0 Å². The molecular formula is C13H16N2O2S. The zero-order valence-corrected chi connectivity index (χ0v) is 11.4. The average molecular weight is 264 g/mol. The van der Waals surface area contributed by atoms with Gasteiger partial charge in [-0.2, -0.15) is 9.57 Å². The summed E-state index contributed by atoms with van der Waals surface area (Å²) in [6.45, 7) is 3.58. The molecule has 0 aromatic heterocycles. The fourth-order valence-corrected chi connectivity index (χ4v) is 3.85. The molecule has 1 aliphatic rings. The van der Waals surface area contributed by atoms with Crippen LogP contribution in [0.3, 0.4) is 0 Å². The van der Waals surface area contributed by atoms with E-state index in [1.807, 2.05) is 19.1 Å².